The third-order valence-corrected chi connectivity index (χ3v) is 4.32. The Morgan fingerprint density at radius 1 is 0.875 bits per heavy atom. The van der Waals surface area contributed by atoms with Crippen LogP contribution in [0.1, 0.15) is 11.1 Å². The number of hydrogen-bond acceptors (Lipinski definition) is 3. The van der Waals surface area contributed by atoms with Crippen molar-refractivity contribution >= 4 is 10.9 Å². The van der Waals surface area contributed by atoms with Gasteiger partial charge in [0.2, 0.25) is 0 Å². The van der Waals surface area contributed by atoms with E-state index in [1.807, 2.05) is 18.2 Å². The predicted octanol–water partition coefficient (Wildman–Crippen LogP) is 3.44. The zero-order valence-electron chi connectivity index (χ0n) is 14.4. The summed E-state index contributed by atoms with van der Waals surface area (Å²) >= 11 is 0. The summed E-state index contributed by atoms with van der Waals surface area (Å²) in [5, 5.41) is 11.4. The molecular weight excluding hydrogens is 298 g/mol. The molecule has 4 nitrogen and oxygen atoms in total. The third kappa shape index (κ3) is 3.96. The standard InChI is InChI=1S/C20H25N3O/c1-22(2)11-12-23(14-16-7-3-6-10-20(16)24)15-17-13-21-19-9-5-4-8-18(17)19/h3-10,13,21,24H,11-12,14-15H2,1-2H3. The van der Waals surface area contributed by atoms with E-state index in [9.17, 15) is 5.11 Å². The Labute approximate surface area is 143 Å². The van der Waals surface area contributed by atoms with E-state index in [0.29, 0.717) is 5.75 Å². The fourth-order valence-corrected chi connectivity index (χ4v) is 2.94. The van der Waals surface area contributed by atoms with Crippen molar-refractivity contribution in [3.8, 4) is 5.75 Å². The number of H-pyrrole nitrogens is 1. The molecule has 3 aromatic rings. The first kappa shape index (κ1) is 16.6. The summed E-state index contributed by atoms with van der Waals surface area (Å²) < 4.78 is 0. The van der Waals surface area contributed by atoms with Crippen LogP contribution < -0.4 is 0 Å². The molecule has 0 spiro atoms. The maximum atomic E-state index is 10.1. The Bertz CT molecular complexity index is 794. The first-order valence-corrected chi connectivity index (χ1v) is 8.32. The lowest BCUT2D eigenvalue weighted by molar-refractivity contribution is 0.224. The van der Waals surface area contributed by atoms with Crippen molar-refractivity contribution in [3.63, 3.8) is 0 Å². The fourth-order valence-electron chi connectivity index (χ4n) is 2.94. The number of benzene rings is 2. The smallest absolute Gasteiger partial charge is 0.120 e. The van der Waals surface area contributed by atoms with E-state index in [2.05, 4.69) is 59.3 Å². The number of rotatable bonds is 7. The van der Waals surface area contributed by atoms with Gasteiger partial charge in [-0.05, 0) is 31.8 Å². The molecule has 2 aromatic carbocycles. The number of nitrogens with one attached hydrogen (secondary N) is 1. The molecule has 0 saturated carbocycles. The van der Waals surface area contributed by atoms with Crippen LogP contribution in [0.3, 0.4) is 0 Å². The van der Waals surface area contributed by atoms with Crippen molar-refractivity contribution in [3.05, 3.63) is 65.9 Å². The predicted molar refractivity (Wildman–Crippen MR) is 99.1 cm³/mol. The van der Waals surface area contributed by atoms with Crippen LogP contribution in [-0.2, 0) is 13.1 Å². The Morgan fingerprint density at radius 3 is 2.38 bits per heavy atom. The van der Waals surface area contributed by atoms with E-state index in [4.69, 9.17) is 0 Å². The molecule has 0 saturated heterocycles. The minimum atomic E-state index is 0.367. The van der Waals surface area contributed by atoms with Crippen LogP contribution in [0.5, 0.6) is 5.75 Å². The number of aromatic amines is 1. The van der Waals surface area contributed by atoms with Crippen molar-refractivity contribution < 1.29 is 5.11 Å². The first-order valence-electron chi connectivity index (χ1n) is 8.32. The average molecular weight is 323 g/mol. The Morgan fingerprint density at radius 2 is 1.58 bits per heavy atom. The summed E-state index contributed by atoms with van der Waals surface area (Å²) in [7, 11) is 4.17. The molecule has 0 aliphatic carbocycles. The van der Waals surface area contributed by atoms with Gasteiger partial charge in [-0.3, -0.25) is 4.90 Å². The minimum Gasteiger partial charge on any atom is -0.508 e. The highest BCUT2D eigenvalue weighted by molar-refractivity contribution is 5.82. The number of fused-ring (bicyclic) bond motifs is 1. The summed E-state index contributed by atoms with van der Waals surface area (Å²) in [6.07, 6.45) is 2.10. The molecule has 0 aliphatic rings. The molecule has 24 heavy (non-hydrogen) atoms. The molecule has 0 bridgehead atoms. The number of phenols is 1. The number of hydrogen-bond donors (Lipinski definition) is 2. The van der Waals surface area contributed by atoms with Gasteiger partial charge in [0.05, 0.1) is 0 Å². The van der Waals surface area contributed by atoms with Crippen LogP contribution in [0.15, 0.2) is 54.7 Å². The first-order chi connectivity index (χ1) is 11.6. The molecular formula is C20H25N3O. The van der Waals surface area contributed by atoms with Gasteiger partial charge in [-0.25, -0.2) is 0 Å². The van der Waals surface area contributed by atoms with Crippen molar-refractivity contribution in [1.29, 1.82) is 0 Å². The largest absolute Gasteiger partial charge is 0.508 e. The normalized spacial score (nSPS) is 11.7. The van der Waals surface area contributed by atoms with Gasteiger partial charge in [0, 0.05) is 48.8 Å². The fraction of sp³-hybridized carbons (Fsp3) is 0.300. The monoisotopic (exact) mass is 323 g/mol. The Kier molecular flexibility index (Phi) is 5.18. The van der Waals surface area contributed by atoms with Gasteiger partial charge in [-0.15, -0.1) is 0 Å². The van der Waals surface area contributed by atoms with E-state index >= 15 is 0 Å². The van der Waals surface area contributed by atoms with Crippen LogP contribution >= 0.6 is 0 Å². The molecule has 1 aromatic heterocycles. The minimum absolute atomic E-state index is 0.367. The van der Waals surface area contributed by atoms with Gasteiger partial charge in [-0.1, -0.05) is 36.4 Å². The van der Waals surface area contributed by atoms with Gasteiger partial charge in [0.25, 0.3) is 0 Å². The van der Waals surface area contributed by atoms with Crippen molar-refractivity contribution in [2.45, 2.75) is 13.1 Å². The topological polar surface area (TPSA) is 42.5 Å². The molecule has 0 radical (unpaired) electrons. The highest BCUT2D eigenvalue weighted by atomic mass is 16.3. The molecule has 2 N–H and O–H groups in total. The number of likely N-dealkylation sites (N-methyl/N-ethyl adjacent to an activating group) is 1. The molecule has 0 atom stereocenters. The summed E-state index contributed by atoms with van der Waals surface area (Å²) in [5.41, 5.74) is 3.43. The second-order valence-corrected chi connectivity index (χ2v) is 6.50. The summed E-state index contributed by atoms with van der Waals surface area (Å²) in [6.45, 7) is 3.52. The number of aromatic hydroxyl groups is 1. The molecule has 126 valence electrons. The van der Waals surface area contributed by atoms with E-state index in [1.165, 1.54) is 16.5 Å². The van der Waals surface area contributed by atoms with Gasteiger partial charge < -0.3 is 15.0 Å². The van der Waals surface area contributed by atoms with Gasteiger partial charge in [-0.2, -0.15) is 0 Å². The zero-order chi connectivity index (χ0) is 16.9. The quantitative estimate of drug-likeness (QED) is 0.700. The van der Waals surface area contributed by atoms with E-state index in [-0.39, 0.29) is 0 Å². The zero-order valence-corrected chi connectivity index (χ0v) is 14.4. The lowest BCUT2D eigenvalue weighted by atomic mass is 10.1. The van der Waals surface area contributed by atoms with Gasteiger partial charge in [0.15, 0.2) is 0 Å². The van der Waals surface area contributed by atoms with Crippen LogP contribution in [0.25, 0.3) is 10.9 Å². The average Bonchev–Trinajstić information content (AvgIpc) is 2.98. The number of aromatic nitrogens is 1. The van der Waals surface area contributed by atoms with Crippen LogP contribution in [0, 0.1) is 0 Å². The van der Waals surface area contributed by atoms with E-state index < -0.39 is 0 Å². The van der Waals surface area contributed by atoms with Gasteiger partial charge >= 0.3 is 0 Å². The Hall–Kier alpha value is -2.30. The SMILES string of the molecule is CN(C)CCN(Cc1ccccc1O)Cc1c[nH]c2ccccc12. The second kappa shape index (κ2) is 7.51. The van der Waals surface area contributed by atoms with E-state index in [1.54, 1.807) is 6.07 Å². The van der Waals surface area contributed by atoms with Crippen molar-refractivity contribution in [2.75, 3.05) is 27.2 Å². The summed E-state index contributed by atoms with van der Waals surface area (Å²) in [6, 6.07) is 16.0. The molecule has 0 aliphatic heterocycles. The lowest BCUT2D eigenvalue weighted by Crippen LogP contribution is -2.31. The van der Waals surface area contributed by atoms with Crippen molar-refractivity contribution in [1.82, 2.24) is 14.8 Å². The number of phenolic OH excluding ortho intramolecular Hbond substituents is 1. The highest BCUT2D eigenvalue weighted by Crippen LogP contribution is 2.22. The lowest BCUT2D eigenvalue weighted by Gasteiger charge is -2.24. The van der Waals surface area contributed by atoms with Crippen LogP contribution in [0.2, 0.25) is 0 Å². The van der Waals surface area contributed by atoms with Gasteiger partial charge in [0.1, 0.15) is 5.75 Å². The Balaban J connectivity index is 1.80. The van der Waals surface area contributed by atoms with Crippen LogP contribution in [0.4, 0.5) is 0 Å². The third-order valence-electron chi connectivity index (χ3n) is 4.32. The number of nitrogens with zero attached hydrogens (tertiary/aromatic N) is 2. The second-order valence-electron chi connectivity index (χ2n) is 6.50. The molecule has 0 fully saturated rings. The highest BCUT2D eigenvalue weighted by Gasteiger charge is 2.12. The molecule has 4 heteroatoms. The molecule has 1 heterocycles. The molecule has 3 rings (SSSR count). The summed E-state index contributed by atoms with van der Waals surface area (Å²) in [4.78, 5) is 7.91. The maximum absolute atomic E-state index is 10.1. The van der Waals surface area contributed by atoms with E-state index in [0.717, 1.165) is 31.7 Å². The van der Waals surface area contributed by atoms with Crippen molar-refractivity contribution in [2.24, 2.45) is 0 Å². The molecule has 0 unspecified atom stereocenters. The maximum Gasteiger partial charge on any atom is 0.120 e. The summed E-state index contributed by atoms with van der Waals surface area (Å²) in [5.74, 6) is 0.367. The van der Waals surface area contributed by atoms with Crippen LogP contribution in [-0.4, -0.2) is 47.1 Å². The number of para-hydroxylation sites is 2. The molecule has 0 amide bonds.